The van der Waals surface area contributed by atoms with Crippen LogP contribution in [0.5, 0.6) is 0 Å². The molecular weight excluding hydrogens is 214 g/mol. The van der Waals surface area contributed by atoms with E-state index in [0.717, 1.165) is 39.0 Å². The Morgan fingerprint density at radius 1 is 1.24 bits per heavy atom. The molecule has 1 atom stereocenters. The number of nitrogens with two attached hydrogens (primary N) is 1. The summed E-state index contributed by atoms with van der Waals surface area (Å²) in [5.74, 6) is 0.284. The van der Waals surface area contributed by atoms with Gasteiger partial charge in [-0.15, -0.1) is 0 Å². The average molecular weight is 241 g/mol. The molecule has 1 heterocycles. The topological polar surface area (TPSA) is 49.6 Å². The fraction of sp³-hybridized carbons (Fsp3) is 0.923. The lowest BCUT2D eigenvalue weighted by molar-refractivity contribution is -0.133. The smallest absolute Gasteiger partial charge is 0.224 e. The Labute approximate surface area is 105 Å². The Hall–Kier alpha value is -0.610. The predicted molar refractivity (Wildman–Crippen MR) is 70.8 cm³/mol. The first-order valence-electron chi connectivity index (χ1n) is 6.94. The second-order valence-corrected chi connectivity index (χ2v) is 4.76. The van der Waals surface area contributed by atoms with Crippen LogP contribution >= 0.6 is 0 Å². The summed E-state index contributed by atoms with van der Waals surface area (Å²) in [4.78, 5) is 16.4. The van der Waals surface area contributed by atoms with Crippen molar-refractivity contribution in [1.29, 1.82) is 0 Å². The maximum atomic E-state index is 12.1. The Morgan fingerprint density at radius 3 is 2.29 bits per heavy atom. The van der Waals surface area contributed by atoms with E-state index in [9.17, 15) is 4.79 Å². The fourth-order valence-electron chi connectivity index (χ4n) is 2.58. The zero-order valence-electron chi connectivity index (χ0n) is 11.3. The highest BCUT2D eigenvalue weighted by atomic mass is 16.2. The molecule has 100 valence electrons. The molecule has 1 aliphatic heterocycles. The number of carbonyl (C=O) groups is 1. The number of amides is 1. The molecule has 0 aliphatic carbocycles. The quantitative estimate of drug-likeness (QED) is 0.756. The normalized spacial score (nSPS) is 18.5. The summed E-state index contributed by atoms with van der Waals surface area (Å²) in [5.41, 5.74) is 5.79. The van der Waals surface area contributed by atoms with Crippen LogP contribution in [-0.2, 0) is 4.79 Å². The molecule has 0 spiro atoms. The van der Waals surface area contributed by atoms with Crippen molar-refractivity contribution in [2.45, 2.75) is 45.6 Å². The summed E-state index contributed by atoms with van der Waals surface area (Å²) >= 11 is 0. The number of hydrogen-bond donors (Lipinski definition) is 1. The van der Waals surface area contributed by atoms with Crippen LogP contribution in [0, 0.1) is 0 Å². The van der Waals surface area contributed by atoms with Crippen LogP contribution in [0.2, 0.25) is 0 Å². The van der Waals surface area contributed by atoms with Gasteiger partial charge in [-0.1, -0.05) is 13.8 Å². The summed E-state index contributed by atoms with van der Waals surface area (Å²) in [5, 5.41) is 0. The van der Waals surface area contributed by atoms with Crippen LogP contribution in [0.25, 0.3) is 0 Å². The van der Waals surface area contributed by atoms with E-state index in [4.69, 9.17) is 5.73 Å². The molecule has 0 radical (unpaired) electrons. The number of likely N-dealkylation sites (tertiary alicyclic amines) is 1. The largest absolute Gasteiger partial charge is 0.343 e. The fourth-order valence-corrected chi connectivity index (χ4v) is 2.58. The highest BCUT2D eigenvalue weighted by Gasteiger charge is 2.22. The van der Waals surface area contributed by atoms with E-state index < -0.39 is 0 Å². The number of likely N-dealkylation sites (N-methyl/N-ethyl adjacent to an activating group) is 1. The maximum absolute atomic E-state index is 12.1. The first-order valence-corrected chi connectivity index (χ1v) is 6.94. The van der Waals surface area contributed by atoms with Crippen molar-refractivity contribution in [1.82, 2.24) is 9.80 Å². The molecule has 0 aromatic carbocycles. The first-order chi connectivity index (χ1) is 8.22. The van der Waals surface area contributed by atoms with Crippen molar-refractivity contribution in [3.8, 4) is 0 Å². The van der Waals surface area contributed by atoms with Gasteiger partial charge in [0, 0.05) is 32.1 Å². The molecule has 2 N–H and O–H groups in total. The molecule has 1 unspecified atom stereocenters. The van der Waals surface area contributed by atoms with Gasteiger partial charge in [0.25, 0.3) is 0 Å². The van der Waals surface area contributed by atoms with E-state index in [-0.39, 0.29) is 11.9 Å². The average Bonchev–Trinajstić information content (AvgIpc) is 2.39. The highest BCUT2D eigenvalue weighted by molar-refractivity contribution is 5.76. The van der Waals surface area contributed by atoms with E-state index in [1.165, 1.54) is 6.42 Å². The molecule has 0 saturated carbocycles. The second-order valence-electron chi connectivity index (χ2n) is 4.76. The summed E-state index contributed by atoms with van der Waals surface area (Å²) in [6.07, 6.45) is 4.16. The van der Waals surface area contributed by atoms with Crippen LogP contribution < -0.4 is 5.73 Å². The lowest BCUT2D eigenvalue weighted by atomic mass is 10.1. The van der Waals surface area contributed by atoms with Gasteiger partial charge in [-0.3, -0.25) is 9.69 Å². The van der Waals surface area contributed by atoms with E-state index in [2.05, 4.69) is 18.7 Å². The molecule has 0 bridgehead atoms. The first kappa shape index (κ1) is 14.5. The lowest BCUT2D eigenvalue weighted by Gasteiger charge is -2.32. The van der Waals surface area contributed by atoms with Gasteiger partial charge >= 0.3 is 0 Å². The van der Waals surface area contributed by atoms with Gasteiger partial charge in [-0.25, -0.2) is 0 Å². The molecule has 1 fully saturated rings. The highest BCUT2D eigenvalue weighted by Crippen LogP contribution is 2.12. The third kappa shape index (κ3) is 4.28. The van der Waals surface area contributed by atoms with Crippen molar-refractivity contribution in [2.75, 3.05) is 32.7 Å². The second kappa shape index (κ2) is 7.67. The molecule has 0 aromatic rings. The van der Waals surface area contributed by atoms with Crippen molar-refractivity contribution in [3.63, 3.8) is 0 Å². The Kier molecular flexibility index (Phi) is 6.52. The summed E-state index contributed by atoms with van der Waals surface area (Å²) in [7, 11) is 0. The molecule has 0 aromatic heterocycles. The predicted octanol–water partition coefficient (Wildman–Crippen LogP) is 1.06. The van der Waals surface area contributed by atoms with Gasteiger partial charge in [0.1, 0.15) is 0 Å². The maximum Gasteiger partial charge on any atom is 0.224 e. The zero-order valence-corrected chi connectivity index (χ0v) is 11.3. The van der Waals surface area contributed by atoms with E-state index in [1.54, 1.807) is 0 Å². The summed E-state index contributed by atoms with van der Waals surface area (Å²) in [6, 6.07) is 0.208. The van der Waals surface area contributed by atoms with Gasteiger partial charge in [0.05, 0.1) is 0 Å². The third-order valence-corrected chi connectivity index (χ3v) is 3.72. The van der Waals surface area contributed by atoms with Crippen molar-refractivity contribution >= 4 is 5.91 Å². The Morgan fingerprint density at radius 2 is 1.82 bits per heavy atom. The Bertz CT molecular complexity index is 223. The third-order valence-electron chi connectivity index (χ3n) is 3.72. The van der Waals surface area contributed by atoms with Crippen LogP contribution in [0.1, 0.15) is 39.5 Å². The molecule has 1 aliphatic rings. The minimum Gasteiger partial charge on any atom is -0.343 e. The number of rotatable bonds is 6. The number of hydrogen-bond acceptors (Lipinski definition) is 3. The monoisotopic (exact) mass is 241 g/mol. The minimum absolute atomic E-state index is 0.208. The molecule has 4 nitrogen and oxygen atoms in total. The number of piperidine rings is 1. The van der Waals surface area contributed by atoms with Gasteiger partial charge in [0.15, 0.2) is 0 Å². The van der Waals surface area contributed by atoms with Crippen molar-refractivity contribution in [3.05, 3.63) is 0 Å². The van der Waals surface area contributed by atoms with E-state index in [0.29, 0.717) is 13.0 Å². The number of carbonyl (C=O) groups excluding carboxylic acids is 1. The van der Waals surface area contributed by atoms with Gasteiger partial charge in [-0.05, 0) is 32.4 Å². The van der Waals surface area contributed by atoms with Crippen LogP contribution in [0.3, 0.4) is 0 Å². The van der Waals surface area contributed by atoms with Crippen molar-refractivity contribution in [2.24, 2.45) is 5.73 Å². The zero-order chi connectivity index (χ0) is 12.7. The Balaban J connectivity index is 2.45. The standard InChI is InChI=1S/C13H27N3O/c1-3-15(4-2)12(11-14)10-13(17)16-8-6-5-7-9-16/h12H,3-11,14H2,1-2H3. The summed E-state index contributed by atoms with van der Waals surface area (Å²) < 4.78 is 0. The summed E-state index contributed by atoms with van der Waals surface area (Å²) in [6.45, 7) is 8.62. The molecular formula is C13H27N3O. The molecule has 1 amide bonds. The minimum atomic E-state index is 0.208. The lowest BCUT2D eigenvalue weighted by Crippen LogP contribution is -2.45. The SMILES string of the molecule is CCN(CC)C(CN)CC(=O)N1CCCCC1. The van der Waals surface area contributed by atoms with Crippen molar-refractivity contribution < 1.29 is 4.79 Å². The molecule has 1 rings (SSSR count). The van der Waals surface area contributed by atoms with Crippen LogP contribution in [-0.4, -0.2) is 54.5 Å². The number of nitrogens with zero attached hydrogens (tertiary/aromatic N) is 2. The molecule has 1 saturated heterocycles. The molecule has 17 heavy (non-hydrogen) atoms. The van der Waals surface area contributed by atoms with Crippen LogP contribution in [0.4, 0.5) is 0 Å². The van der Waals surface area contributed by atoms with Crippen LogP contribution in [0.15, 0.2) is 0 Å². The van der Waals surface area contributed by atoms with E-state index in [1.807, 2.05) is 4.90 Å². The van der Waals surface area contributed by atoms with Gasteiger partial charge < -0.3 is 10.6 Å². The molecule has 4 heteroatoms. The van der Waals surface area contributed by atoms with Gasteiger partial charge in [0.2, 0.25) is 5.91 Å². The van der Waals surface area contributed by atoms with E-state index >= 15 is 0 Å². The van der Waals surface area contributed by atoms with Gasteiger partial charge in [-0.2, -0.15) is 0 Å².